The van der Waals surface area contributed by atoms with Crippen LogP contribution in [-0.4, -0.2) is 41.4 Å². The molecular formula is C11H8O8. The molecule has 0 radical (unpaired) electrons. The van der Waals surface area contributed by atoms with E-state index in [1.807, 2.05) is 0 Å². The number of carbonyl (C=O) groups is 4. The van der Waals surface area contributed by atoms with Crippen LogP contribution in [0.15, 0.2) is 18.2 Å². The van der Waals surface area contributed by atoms with E-state index in [0.717, 1.165) is 19.2 Å². The Kier molecular flexibility index (Phi) is 4.19. The Morgan fingerprint density at radius 2 is 1.53 bits per heavy atom. The molecule has 0 heterocycles. The fraction of sp³-hybridized carbons (Fsp3) is 0.0909. The van der Waals surface area contributed by atoms with E-state index in [0.29, 0.717) is 0 Å². The Bertz CT molecular complexity index is 560. The lowest BCUT2D eigenvalue weighted by Crippen LogP contribution is -2.18. The summed E-state index contributed by atoms with van der Waals surface area (Å²) in [6.07, 6.45) is -1.88. The number of hydrogen-bond acceptors (Lipinski definition) is 6. The highest BCUT2D eigenvalue weighted by Gasteiger charge is 2.26. The van der Waals surface area contributed by atoms with Crippen LogP contribution in [0.4, 0.5) is 4.79 Å². The largest absolute Gasteiger partial charge is 0.513 e. The minimum atomic E-state index is -1.88. The lowest BCUT2D eigenvalue weighted by atomic mass is 10.0. The second kappa shape index (κ2) is 5.63. The van der Waals surface area contributed by atoms with Crippen LogP contribution in [0, 0.1) is 0 Å². The van der Waals surface area contributed by atoms with Gasteiger partial charge in [-0.2, -0.15) is 0 Å². The van der Waals surface area contributed by atoms with Crippen LogP contribution in [0.2, 0.25) is 0 Å². The number of carboxylic acids is 1. The highest BCUT2D eigenvalue weighted by molar-refractivity contribution is 6.10. The number of ether oxygens (including phenoxy) is 2. The van der Waals surface area contributed by atoms with Crippen molar-refractivity contribution in [3.8, 4) is 0 Å². The first-order valence-corrected chi connectivity index (χ1v) is 4.78. The smallest absolute Gasteiger partial charge is 0.478 e. The third-order valence-electron chi connectivity index (χ3n) is 2.08. The van der Waals surface area contributed by atoms with Gasteiger partial charge in [-0.15, -0.1) is 0 Å². The van der Waals surface area contributed by atoms with Gasteiger partial charge in [0.15, 0.2) is 0 Å². The van der Waals surface area contributed by atoms with E-state index >= 15 is 0 Å². The molecule has 19 heavy (non-hydrogen) atoms. The van der Waals surface area contributed by atoms with E-state index in [-0.39, 0.29) is 5.56 Å². The van der Waals surface area contributed by atoms with Crippen molar-refractivity contribution in [1.82, 2.24) is 0 Å². The van der Waals surface area contributed by atoms with E-state index in [1.165, 1.54) is 6.07 Å². The van der Waals surface area contributed by atoms with Crippen molar-refractivity contribution in [1.29, 1.82) is 0 Å². The topological polar surface area (TPSA) is 127 Å². The lowest BCUT2D eigenvalue weighted by molar-refractivity contribution is 0.0497. The Labute approximate surface area is 106 Å². The van der Waals surface area contributed by atoms with Gasteiger partial charge in [0.05, 0.1) is 23.8 Å². The monoisotopic (exact) mass is 268 g/mol. The van der Waals surface area contributed by atoms with E-state index in [4.69, 9.17) is 10.2 Å². The van der Waals surface area contributed by atoms with Crippen LogP contribution >= 0.6 is 0 Å². The molecule has 0 unspecified atom stereocenters. The van der Waals surface area contributed by atoms with Crippen LogP contribution in [0.25, 0.3) is 0 Å². The maximum atomic E-state index is 11.4. The molecule has 0 atom stereocenters. The first kappa shape index (κ1) is 14.2. The summed E-state index contributed by atoms with van der Waals surface area (Å²) < 4.78 is 8.23. The van der Waals surface area contributed by atoms with Gasteiger partial charge in [-0.3, -0.25) is 0 Å². The molecule has 2 N–H and O–H groups in total. The predicted octanol–water partition coefficient (Wildman–Crippen LogP) is 1.01. The number of hydrogen-bond donors (Lipinski definition) is 2. The molecule has 0 spiro atoms. The minimum absolute atomic E-state index is 0.380. The fourth-order valence-corrected chi connectivity index (χ4v) is 1.37. The van der Waals surface area contributed by atoms with E-state index < -0.39 is 35.2 Å². The highest BCUT2D eigenvalue weighted by atomic mass is 16.7. The molecule has 0 saturated heterocycles. The normalized spacial score (nSPS) is 9.53. The van der Waals surface area contributed by atoms with Gasteiger partial charge in [0.25, 0.3) is 0 Å². The molecule has 0 aromatic heterocycles. The second-order valence-electron chi connectivity index (χ2n) is 3.18. The summed E-state index contributed by atoms with van der Waals surface area (Å²) in [5, 5.41) is 17.3. The van der Waals surface area contributed by atoms with E-state index in [2.05, 4.69) is 9.47 Å². The average Bonchev–Trinajstić information content (AvgIpc) is 2.35. The van der Waals surface area contributed by atoms with Crippen molar-refractivity contribution >= 4 is 24.1 Å². The van der Waals surface area contributed by atoms with Gasteiger partial charge in [-0.1, -0.05) is 6.07 Å². The van der Waals surface area contributed by atoms with Crippen LogP contribution in [0.1, 0.15) is 31.1 Å². The van der Waals surface area contributed by atoms with Gasteiger partial charge in [0, 0.05) is 0 Å². The lowest BCUT2D eigenvalue weighted by Gasteiger charge is -2.08. The number of esters is 2. The van der Waals surface area contributed by atoms with Gasteiger partial charge in [-0.05, 0) is 12.1 Å². The molecule has 8 nitrogen and oxygen atoms in total. The van der Waals surface area contributed by atoms with Crippen molar-refractivity contribution in [3.63, 3.8) is 0 Å². The SMILES string of the molecule is COC(=O)c1cccc(C(=O)OC(=O)O)c1C(=O)O. The van der Waals surface area contributed by atoms with Crippen molar-refractivity contribution in [3.05, 3.63) is 34.9 Å². The van der Waals surface area contributed by atoms with Crippen molar-refractivity contribution < 1.29 is 38.9 Å². The fourth-order valence-electron chi connectivity index (χ4n) is 1.37. The van der Waals surface area contributed by atoms with E-state index in [9.17, 15) is 19.2 Å². The standard InChI is InChI=1S/C11H8O8/c1-18-9(14)5-3-2-4-6(7(5)8(12)13)10(15)19-11(16)17/h2-4H,1H3,(H,12,13)(H,16,17). The summed E-state index contributed by atoms with van der Waals surface area (Å²) in [5.41, 5.74) is -1.62. The number of methoxy groups -OCH3 is 1. The maximum absolute atomic E-state index is 11.4. The molecular weight excluding hydrogens is 260 g/mol. The van der Waals surface area contributed by atoms with Crippen molar-refractivity contribution in [2.24, 2.45) is 0 Å². The third kappa shape index (κ3) is 3.06. The minimum Gasteiger partial charge on any atom is -0.478 e. The predicted molar refractivity (Wildman–Crippen MR) is 58.2 cm³/mol. The number of aromatic carboxylic acids is 1. The Hall–Kier alpha value is -2.90. The summed E-state index contributed by atoms with van der Waals surface area (Å²) in [4.78, 5) is 44.2. The molecule has 0 fully saturated rings. The average molecular weight is 268 g/mol. The highest BCUT2D eigenvalue weighted by Crippen LogP contribution is 2.17. The Balaban J connectivity index is 3.40. The number of carboxylic acid groups (broad SMARTS) is 2. The molecule has 0 bridgehead atoms. The number of rotatable bonds is 3. The van der Waals surface area contributed by atoms with Gasteiger partial charge < -0.3 is 19.7 Å². The number of benzene rings is 1. The van der Waals surface area contributed by atoms with Gasteiger partial charge in [0.1, 0.15) is 0 Å². The van der Waals surface area contributed by atoms with Crippen LogP contribution < -0.4 is 0 Å². The van der Waals surface area contributed by atoms with Gasteiger partial charge in [-0.25, -0.2) is 19.2 Å². The van der Waals surface area contributed by atoms with Crippen LogP contribution in [-0.2, 0) is 9.47 Å². The second-order valence-corrected chi connectivity index (χ2v) is 3.18. The van der Waals surface area contributed by atoms with Crippen LogP contribution in [0.3, 0.4) is 0 Å². The Morgan fingerprint density at radius 1 is 1.00 bits per heavy atom. The summed E-state index contributed by atoms with van der Waals surface area (Å²) in [6.45, 7) is 0. The maximum Gasteiger partial charge on any atom is 0.513 e. The molecule has 8 heteroatoms. The first-order chi connectivity index (χ1) is 8.88. The summed E-state index contributed by atoms with van der Waals surface area (Å²) in [7, 11) is 1.04. The zero-order valence-corrected chi connectivity index (χ0v) is 9.58. The molecule has 1 aromatic carbocycles. The zero-order chi connectivity index (χ0) is 14.6. The van der Waals surface area contributed by atoms with Crippen LogP contribution in [0.5, 0.6) is 0 Å². The van der Waals surface area contributed by atoms with Gasteiger partial charge in [0.2, 0.25) is 0 Å². The molecule has 0 aliphatic carbocycles. The summed E-state index contributed by atoms with van der Waals surface area (Å²) >= 11 is 0. The third-order valence-corrected chi connectivity index (χ3v) is 2.08. The zero-order valence-electron chi connectivity index (χ0n) is 9.58. The summed E-state index contributed by atoms with van der Waals surface area (Å²) in [6, 6.07) is 3.37. The molecule has 100 valence electrons. The Morgan fingerprint density at radius 3 is 1.95 bits per heavy atom. The van der Waals surface area contributed by atoms with Crippen molar-refractivity contribution in [2.45, 2.75) is 0 Å². The molecule has 0 saturated carbocycles. The van der Waals surface area contributed by atoms with Crippen molar-refractivity contribution in [2.75, 3.05) is 7.11 Å². The molecule has 1 aromatic rings. The molecule has 0 aliphatic rings. The summed E-state index contributed by atoms with van der Waals surface area (Å²) in [5.74, 6) is -3.95. The van der Waals surface area contributed by atoms with Gasteiger partial charge >= 0.3 is 24.1 Å². The van der Waals surface area contributed by atoms with E-state index in [1.54, 1.807) is 0 Å². The number of carbonyl (C=O) groups excluding carboxylic acids is 2. The molecule has 1 rings (SSSR count). The first-order valence-electron chi connectivity index (χ1n) is 4.78. The molecule has 0 amide bonds. The quantitative estimate of drug-likeness (QED) is 0.614. The molecule has 0 aliphatic heterocycles.